The van der Waals surface area contributed by atoms with Gasteiger partial charge >= 0.3 is 5.63 Å². The van der Waals surface area contributed by atoms with Crippen LogP contribution < -0.4 is 15.7 Å². The molecule has 5 nitrogen and oxygen atoms in total. The summed E-state index contributed by atoms with van der Waals surface area (Å²) >= 11 is 0. The lowest BCUT2D eigenvalue weighted by Crippen LogP contribution is -2.29. The molecule has 0 unspecified atom stereocenters. The molecule has 0 atom stereocenters. The highest BCUT2D eigenvalue weighted by atomic mass is 16.5. The molecule has 0 bridgehead atoms. The Bertz CT molecular complexity index is 633. The van der Waals surface area contributed by atoms with Crippen molar-refractivity contribution in [2.75, 3.05) is 13.2 Å². The van der Waals surface area contributed by atoms with Gasteiger partial charge in [-0.1, -0.05) is 6.92 Å². The molecule has 0 saturated carbocycles. The second-order valence-electron chi connectivity index (χ2n) is 4.09. The van der Waals surface area contributed by atoms with Crippen molar-refractivity contribution in [3.63, 3.8) is 0 Å². The predicted molar refractivity (Wildman–Crippen MR) is 71.3 cm³/mol. The van der Waals surface area contributed by atoms with E-state index in [0.717, 1.165) is 11.8 Å². The zero-order valence-corrected chi connectivity index (χ0v) is 10.6. The molecule has 0 aliphatic rings. The Morgan fingerprint density at radius 3 is 2.89 bits per heavy atom. The number of nitrogens with one attached hydrogen (secondary N) is 1. The molecule has 1 aromatic carbocycles. The van der Waals surface area contributed by atoms with E-state index < -0.39 is 5.63 Å². The van der Waals surface area contributed by atoms with E-state index in [0.29, 0.717) is 17.9 Å². The molecule has 1 N–H and O–H groups in total. The van der Waals surface area contributed by atoms with Crippen LogP contribution in [0.3, 0.4) is 0 Å². The SMILES string of the molecule is CCCNC(=O)COc1ccc2ccc(=O)oc2c1. The number of hydrogen-bond donors (Lipinski definition) is 1. The van der Waals surface area contributed by atoms with Crippen LogP contribution in [0.4, 0.5) is 0 Å². The lowest BCUT2D eigenvalue weighted by molar-refractivity contribution is -0.123. The fraction of sp³-hybridized carbons (Fsp3) is 0.286. The lowest BCUT2D eigenvalue weighted by atomic mass is 10.2. The van der Waals surface area contributed by atoms with Crippen LogP contribution in [-0.2, 0) is 4.79 Å². The van der Waals surface area contributed by atoms with E-state index in [4.69, 9.17) is 9.15 Å². The molecule has 0 saturated heterocycles. The summed E-state index contributed by atoms with van der Waals surface area (Å²) in [4.78, 5) is 22.5. The first kappa shape index (κ1) is 13.1. The number of fused-ring (bicyclic) bond motifs is 1. The molecule has 5 heteroatoms. The van der Waals surface area contributed by atoms with Crippen molar-refractivity contribution in [1.82, 2.24) is 5.32 Å². The highest BCUT2D eigenvalue weighted by Crippen LogP contribution is 2.19. The van der Waals surface area contributed by atoms with Gasteiger partial charge in [-0.15, -0.1) is 0 Å². The summed E-state index contributed by atoms with van der Waals surface area (Å²) < 4.78 is 10.4. The third-order valence-electron chi connectivity index (χ3n) is 2.54. The Kier molecular flexibility index (Phi) is 4.18. The Morgan fingerprint density at radius 1 is 1.32 bits per heavy atom. The zero-order chi connectivity index (χ0) is 13.7. The fourth-order valence-corrected chi connectivity index (χ4v) is 1.60. The molecule has 100 valence electrons. The maximum atomic E-state index is 11.4. The summed E-state index contributed by atoms with van der Waals surface area (Å²) in [6.45, 7) is 2.56. The molecule has 19 heavy (non-hydrogen) atoms. The molecule has 0 fully saturated rings. The average molecular weight is 261 g/mol. The lowest BCUT2D eigenvalue weighted by Gasteiger charge is -2.07. The van der Waals surface area contributed by atoms with E-state index >= 15 is 0 Å². The van der Waals surface area contributed by atoms with Crippen molar-refractivity contribution in [2.24, 2.45) is 0 Å². The van der Waals surface area contributed by atoms with Crippen molar-refractivity contribution in [3.8, 4) is 5.75 Å². The van der Waals surface area contributed by atoms with Gasteiger partial charge in [-0.25, -0.2) is 4.79 Å². The Hall–Kier alpha value is -2.30. The Morgan fingerprint density at radius 2 is 2.11 bits per heavy atom. The first-order valence-electron chi connectivity index (χ1n) is 6.12. The van der Waals surface area contributed by atoms with Gasteiger partial charge in [0.15, 0.2) is 6.61 Å². The van der Waals surface area contributed by atoms with Gasteiger partial charge in [0.2, 0.25) is 0 Å². The van der Waals surface area contributed by atoms with Gasteiger partial charge in [0.25, 0.3) is 5.91 Å². The smallest absolute Gasteiger partial charge is 0.336 e. The van der Waals surface area contributed by atoms with Gasteiger partial charge in [-0.2, -0.15) is 0 Å². The molecule has 0 radical (unpaired) electrons. The van der Waals surface area contributed by atoms with Crippen molar-refractivity contribution in [3.05, 3.63) is 40.8 Å². The van der Waals surface area contributed by atoms with E-state index in [1.54, 1.807) is 24.3 Å². The van der Waals surface area contributed by atoms with Gasteiger partial charge in [-0.3, -0.25) is 4.79 Å². The fourth-order valence-electron chi connectivity index (χ4n) is 1.60. The molecular weight excluding hydrogens is 246 g/mol. The van der Waals surface area contributed by atoms with Crippen LogP contribution in [0.1, 0.15) is 13.3 Å². The maximum Gasteiger partial charge on any atom is 0.336 e. The van der Waals surface area contributed by atoms with Gasteiger partial charge < -0.3 is 14.5 Å². The summed E-state index contributed by atoms with van der Waals surface area (Å²) in [5.74, 6) is 0.324. The summed E-state index contributed by atoms with van der Waals surface area (Å²) in [5, 5.41) is 3.52. The second-order valence-corrected chi connectivity index (χ2v) is 4.09. The summed E-state index contributed by atoms with van der Waals surface area (Å²) in [6.07, 6.45) is 0.882. The summed E-state index contributed by atoms with van der Waals surface area (Å²) in [5.41, 5.74) is 0.0318. The predicted octanol–water partition coefficient (Wildman–Crippen LogP) is 1.70. The number of benzene rings is 1. The van der Waals surface area contributed by atoms with Crippen LogP contribution in [0.15, 0.2) is 39.5 Å². The first-order valence-corrected chi connectivity index (χ1v) is 6.12. The molecule has 1 aromatic heterocycles. The van der Waals surface area contributed by atoms with E-state index in [-0.39, 0.29) is 12.5 Å². The van der Waals surface area contributed by atoms with Crippen molar-refractivity contribution >= 4 is 16.9 Å². The van der Waals surface area contributed by atoms with Crippen LogP contribution >= 0.6 is 0 Å². The van der Waals surface area contributed by atoms with Crippen LogP contribution in [0.25, 0.3) is 11.0 Å². The van der Waals surface area contributed by atoms with Crippen LogP contribution in [0.2, 0.25) is 0 Å². The topological polar surface area (TPSA) is 68.5 Å². The normalized spacial score (nSPS) is 10.4. The number of hydrogen-bond acceptors (Lipinski definition) is 4. The van der Waals surface area contributed by atoms with E-state index in [2.05, 4.69) is 5.32 Å². The zero-order valence-electron chi connectivity index (χ0n) is 10.6. The minimum Gasteiger partial charge on any atom is -0.484 e. The van der Waals surface area contributed by atoms with E-state index in [1.165, 1.54) is 6.07 Å². The minimum absolute atomic E-state index is 0.0530. The number of rotatable bonds is 5. The minimum atomic E-state index is -0.412. The van der Waals surface area contributed by atoms with Crippen molar-refractivity contribution in [2.45, 2.75) is 13.3 Å². The van der Waals surface area contributed by atoms with Crippen LogP contribution in [-0.4, -0.2) is 19.1 Å². The summed E-state index contributed by atoms with van der Waals surface area (Å²) in [6, 6.07) is 8.15. The van der Waals surface area contributed by atoms with Crippen LogP contribution in [0.5, 0.6) is 5.75 Å². The molecule has 0 aliphatic carbocycles. The number of carbonyl (C=O) groups is 1. The van der Waals surface area contributed by atoms with Gasteiger partial charge in [0.05, 0.1) is 0 Å². The largest absolute Gasteiger partial charge is 0.484 e. The average Bonchev–Trinajstić information content (AvgIpc) is 2.42. The monoisotopic (exact) mass is 261 g/mol. The molecule has 2 rings (SSSR count). The molecular formula is C14H15NO4. The van der Waals surface area contributed by atoms with Gasteiger partial charge in [-0.05, 0) is 24.6 Å². The molecule has 0 spiro atoms. The number of amides is 1. The van der Waals surface area contributed by atoms with Crippen molar-refractivity contribution in [1.29, 1.82) is 0 Å². The van der Waals surface area contributed by atoms with Gasteiger partial charge in [0.1, 0.15) is 11.3 Å². The van der Waals surface area contributed by atoms with Crippen molar-refractivity contribution < 1.29 is 13.9 Å². The Balaban J connectivity index is 2.05. The number of carbonyl (C=O) groups excluding carboxylic acids is 1. The highest BCUT2D eigenvalue weighted by Gasteiger charge is 2.03. The maximum absolute atomic E-state index is 11.4. The first-order chi connectivity index (χ1) is 9.19. The molecule has 2 aromatic rings. The highest BCUT2D eigenvalue weighted by molar-refractivity contribution is 5.79. The van der Waals surface area contributed by atoms with E-state index in [9.17, 15) is 9.59 Å². The third-order valence-corrected chi connectivity index (χ3v) is 2.54. The summed E-state index contributed by atoms with van der Waals surface area (Å²) in [7, 11) is 0. The third kappa shape index (κ3) is 3.58. The van der Waals surface area contributed by atoms with Crippen LogP contribution in [0, 0.1) is 0 Å². The van der Waals surface area contributed by atoms with E-state index in [1.807, 2.05) is 6.92 Å². The standard InChI is InChI=1S/C14H15NO4/c1-2-7-15-13(16)9-18-11-5-3-10-4-6-14(17)19-12(10)8-11/h3-6,8H,2,7,9H2,1H3,(H,15,16). The Labute approximate surface area is 110 Å². The number of ether oxygens (including phenoxy) is 1. The molecule has 1 amide bonds. The quantitative estimate of drug-likeness (QED) is 0.832. The molecule has 0 aliphatic heterocycles. The molecule has 1 heterocycles. The second kappa shape index (κ2) is 6.04. The van der Waals surface area contributed by atoms with Gasteiger partial charge in [0, 0.05) is 24.1 Å².